The first-order chi connectivity index (χ1) is 32.3. The van der Waals surface area contributed by atoms with Crippen molar-refractivity contribution < 1.29 is 0 Å². The number of H-pyrrole nitrogens is 4. The lowest BCUT2D eigenvalue weighted by Crippen LogP contribution is -2.02. The average molecular weight is 852 g/mol. The quantitative estimate of drug-likeness (QED) is 0.127. The molecule has 0 spiro atoms. The maximum absolute atomic E-state index is 5.16. The standard InChI is InChI=1S/C57H41N9/c1-31-6-4-8-39(20-31)54-59-44-16-12-34(26-50(44)63-54)36-14-18-46-52(28-36)65-56(61-46)42-23-41(49-30-38-11-10-33(3)22-48(38)58-49)24-43(25-42)57-62-47-19-15-37(29-53(47)66-57)35-13-17-45-51(27-35)64-55(60-45)40-9-5-7-32(2)21-40/h4-29H,30H2,1-3H3,(H,59,63)(H,60,64)(H,61,65)(H,62,66). The van der Waals surface area contributed by atoms with E-state index in [9.17, 15) is 0 Å². The van der Waals surface area contributed by atoms with Gasteiger partial charge in [0.25, 0.3) is 0 Å². The fourth-order valence-electron chi connectivity index (χ4n) is 9.42. The molecule has 0 saturated heterocycles. The summed E-state index contributed by atoms with van der Waals surface area (Å²) >= 11 is 0. The smallest absolute Gasteiger partial charge is 0.138 e. The zero-order valence-corrected chi connectivity index (χ0v) is 36.5. The van der Waals surface area contributed by atoms with E-state index < -0.39 is 0 Å². The highest BCUT2D eigenvalue weighted by molar-refractivity contribution is 6.08. The number of fused-ring (bicyclic) bond motifs is 5. The third kappa shape index (κ3) is 6.68. The molecule has 8 aromatic carbocycles. The predicted octanol–water partition coefficient (Wildman–Crippen LogP) is 13.8. The molecule has 13 rings (SSSR count). The number of hydrogen-bond acceptors (Lipinski definition) is 5. The molecule has 66 heavy (non-hydrogen) atoms. The van der Waals surface area contributed by atoms with Gasteiger partial charge in [0.2, 0.25) is 0 Å². The number of aromatic nitrogens is 8. The van der Waals surface area contributed by atoms with E-state index in [1.807, 2.05) is 0 Å². The van der Waals surface area contributed by atoms with Crippen LogP contribution in [0.4, 0.5) is 5.69 Å². The number of imidazole rings is 4. The van der Waals surface area contributed by atoms with Crippen molar-refractivity contribution in [2.24, 2.45) is 4.99 Å². The number of benzene rings is 8. The summed E-state index contributed by atoms with van der Waals surface area (Å²) in [4.78, 5) is 39.7. The molecule has 0 saturated carbocycles. The van der Waals surface area contributed by atoms with E-state index in [0.29, 0.717) is 0 Å². The first-order valence-corrected chi connectivity index (χ1v) is 22.3. The lowest BCUT2D eigenvalue weighted by atomic mass is 9.98. The Bertz CT molecular complexity index is 3750. The SMILES string of the molecule is Cc1cccc(-c2nc3ccc(-c4ccc5nc(-c6cc(C7=Nc8cc(C)ccc8C7)cc(-c7nc8ccc(-c9ccc%10nc(-c%11cccc(C)c%11)[nH]c%10c9)cc8[nH]7)c6)[nH]c5c4)cc3[nH]2)c1. The maximum Gasteiger partial charge on any atom is 0.138 e. The Morgan fingerprint density at radius 3 is 1.15 bits per heavy atom. The van der Waals surface area contributed by atoms with Crippen LogP contribution in [0.1, 0.15) is 27.8 Å². The third-order valence-electron chi connectivity index (χ3n) is 12.8. The summed E-state index contributed by atoms with van der Waals surface area (Å²) in [5.74, 6) is 3.30. The summed E-state index contributed by atoms with van der Waals surface area (Å²) < 4.78 is 0. The molecule has 0 amide bonds. The summed E-state index contributed by atoms with van der Waals surface area (Å²) in [6.45, 7) is 6.32. The molecular weight excluding hydrogens is 811 g/mol. The third-order valence-corrected chi connectivity index (χ3v) is 12.8. The van der Waals surface area contributed by atoms with Gasteiger partial charge in [-0.2, -0.15) is 0 Å². The maximum atomic E-state index is 5.16. The first-order valence-electron chi connectivity index (χ1n) is 22.3. The van der Waals surface area contributed by atoms with Crippen LogP contribution in [-0.4, -0.2) is 45.6 Å². The minimum atomic E-state index is 0.756. The van der Waals surface area contributed by atoms with E-state index in [-0.39, 0.29) is 0 Å². The Morgan fingerprint density at radius 2 is 0.727 bits per heavy atom. The monoisotopic (exact) mass is 851 g/mol. The summed E-state index contributed by atoms with van der Waals surface area (Å²) in [5.41, 5.74) is 23.9. The van der Waals surface area contributed by atoms with Crippen LogP contribution in [0.3, 0.4) is 0 Å². The number of nitrogens with zero attached hydrogens (tertiary/aromatic N) is 5. The summed E-state index contributed by atoms with van der Waals surface area (Å²) in [7, 11) is 0. The van der Waals surface area contributed by atoms with Crippen LogP contribution in [0.25, 0.3) is 112 Å². The van der Waals surface area contributed by atoms with Gasteiger partial charge in [-0.1, -0.05) is 83.9 Å². The summed E-state index contributed by atoms with van der Waals surface area (Å²) in [6.07, 6.45) is 0.756. The largest absolute Gasteiger partial charge is 0.338 e. The van der Waals surface area contributed by atoms with Gasteiger partial charge in [0.15, 0.2) is 0 Å². The highest BCUT2D eigenvalue weighted by Gasteiger charge is 2.20. The topological polar surface area (TPSA) is 127 Å². The molecule has 0 unspecified atom stereocenters. The Balaban J connectivity index is 0.859. The van der Waals surface area contributed by atoms with E-state index in [2.05, 4.69) is 198 Å². The van der Waals surface area contributed by atoms with Crippen LogP contribution in [0, 0.1) is 20.8 Å². The number of nitrogens with one attached hydrogen (secondary N) is 4. The Hall–Kier alpha value is -8.69. The molecule has 314 valence electrons. The number of aromatic amines is 4. The number of hydrogen-bond donors (Lipinski definition) is 4. The van der Waals surface area contributed by atoms with E-state index in [1.54, 1.807) is 0 Å². The summed E-state index contributed by atoms with van der Waals surface area (Å²) in [6, 6.07) is 55.5. The van der Waals surface area contributed by atoms with Gasteiger partial charge in [-0.3, -0.25) is 4.99 Å². The molecule has 0 bridgehead atoms. The van der Waals surface area contributed by atoms with Crippen molar-refractivity contribution in [3.8, 4) is 67.8 Å². The molecule has 0 aliphatic carbocycles. The van der Waals surface area contributed by atoms with Gasteiger partial charge in [0.05, 0.1) is 55.5 Å². The number of aliphatic imine (C=N–C) groups is 1. The van der Waals surface area contributed by atoms with E-state index in [4.69, 9.17) is 24.9 Å². The normalized spacial score (nSPS) is 12.5. The van der Waals surface area contributed by atoms with Crippen LogP contribution < -0.4 is 0 Å². The average Bonchev–Trinajstić information content (AvgIpc) is 4.19. The molecular formula is C57H41N9. The van der Waals surface area contributed by atoms with Crippen LogP contribution in [-0.2, 0) is 6.42 Å². The van der Waals surface area contributed by atoms with Crippen LogP contribution in [0.2, 0.25) is 0 Å². The zero-order valence-electron chi connectivity index (χ0n) is 36.5. The molecule has 0 atom stereocenters. The van der Waals surface area contributed by atoms with Crippen molar-refractivity contribution in [2.75, 3.05) is 0 Å². The second-order valence-corrected chi connectivity index (χ2v) is 17.7. The van der Waals surface area contributed by atoms with Gasteiger partial charge >= 0.3 is 0 Å². The van der Waals surface area contributed by atoms with Crippen molar-refractivity contribution in [3.05, 3.63) is 186 Å². The van der Waals surface area contributed by atoms with E-state index >= 15 is 0 Å². The number of aryl methyl sites for hydroxylation is 3. The minimum absolute atomic E-state index is 0.756. The van der Waals surface area contributed by atoms with Crippen LogP contribution in [0.5, 0.6) is 0 Å². The molecule has 0 radical (unpaired) electrons. The summed E-state index contributed by atoms with van der Waals surface area (Å²) in [5, 5.41) is 0. The van der Waals surface area contributed by atoms with Gasteiger partial charge < -0.3 is 19.9 Å². The predicted molar refractivity (Wildman–Crippen MR) is 268 cm³/mol. The fourth-order valence-corrected chi connectivity index (χ4v) is 9.42. The lowest BCUT2D eigenvalue weighted by Gasteiger charge is -2.08. The van der Waals surface area contributed by atoms with Crippen molar-refractivity contribution >= 4 is 55.5 Å². The fraction of sp³-hybridized carbons (Fsp3) is 0.0702. The Morgan fingerprint density at radius 1 is 0.333 bits per heavy atom. The molecule has 1 aliphatic rings. The van der Waals surface area contributed by atoms with Gasteiger partial charge in [-0.05, 0) is 145 Å². The molecule has 1 aliphatic heterocycles. The molecule has 5 heterocycles. The molecule has 4 aromatic heterocycles. The van der Waals surface area contributed by atoms with Gasteiger partial charge in [-0.15, -0.1) is 0 Å². The zero-order chi connectivity index (χ0) is 44.0. The molecule has 9 nitrogen and oxygen atoms in total. The molecule has 9 heteroatoms. The minimum Gasteiger partial charge on any atom is -0.338 e. The van der Waals surface area contributed by atoms with Gasteiger partial charge in [0.1, 0.15) is 23.3 Å². The van der Waals surface area contributed by atoms with Crippen LogP contribution >= 0.6 is 0 Å². The van der Waals surface area contributed by atoms with Crippen molar-refractivity contribution in [1.29, 1.82) is 0 Å². The highest BCUT2D eigenvalue weighted by Crippen LogP contribution is 2.36. The highest BCUT2D eigenvalue weighted by atomic mass is 14.9. The van der Waals surface area contributed by atoms with E-state index in [0.717, 1.165) is 135 Å². The second-order valence-electron chi connectivity index (χ2n) is 17.7. The molecule has 12 aromatic rings. The Labute approximate surface area is 379 Å². The van der Waals surface area contributed by atoms with Gasteiger partial charge in [0, 0.05) is 28.7 Å². The van der Waals surface area contributed by atoms with Crippen molar-refractivity contribution in [1.82, 2.24) is 39.9 Å². The lowest BCUT2D eigenvalue weighted by molar-refractivity contribution is 1.30. The molecule has 0 fully saturated rings. The molecule has 4 N–H and O–H groups in total. The number of rotatable bonds is 7. The van der Waals surface area contributed by atoms with Crippen LogP contribution in [0.15, 0.2) is 163 Å². The van der Waals surface area contributed by atoms with Crippen molar-refractivity contribution in [3.63, 3.8) is 0 Å². The Kier molecular flexibility index (Phi) is 8.42. The van der Waals surface area contributed by atoms with Gasteiger partial charge in [-0.25, -0.2) is 19.9 Å². The first kappa shape index (κ1) is 37.8. The van der Waals surface area contributed by atoms with Crippen molar-refractivity contribution in [2.45, 2.75) is 27.2 Å². The second kappa shape index (κ2) is 14.7. The van der Waals surface area contributed by atoms with E-state index in [1.165, 1.54) is 22.3 Å².